The van der Waals surface area contributed by atoms with Crippen LogP contribution >= 0.6 is 0 Å². The maximum absolute atomic E-state index is 12.8. The third kappa shape index (κ3) is 3.78. The summed E-state index contributed by atoms with van der Waals surface area (Å²) >= 11 is 0. The first-order chi connectivity index (χ1) is 11.8. The lowest BCUT2D eigenvalue weighted by Crippen LogP contribution is -2.40. The van der Waals surface area contributed by atoms with Crippen LogP contribution in [-0.4, -0.2) is 17.8 Å². The number of benzene rings is 1. The predicted octanol–water partition coefficient (Wildman–Crippen LogP) is 4.11. The van der Waals surface area contributed by atoms with Crippen LogP contribution in [0.3, 0.4) is 0 Å². The lowest BCUT2D eigenvalue weighted by atomic mass is 9.70. The molecule has 1 amide bonds. The number of hydrogen-bond donors (Lipinski definition) is 1. The minimum absolute atomic E-state index is 0.00539. The molecule has 0 unspecified atom stereocenters. The molecule has 1 N–H and O–H groups in total. The van der Waals surface area contributed by atoms with Gasteiger partial charge in [0.1, 0.15) is 5.75 Å². The molecule has 1 aromatic carbocycles. The van der Waals surface area contributed by atoms with E-state index in [-0.39, 0.29) is 29.1 Å². The second kappa shape index (κ2) is 6.66. The van der Waals surface area contributed by atoms with Gasteiger partial charge in [-0.2, -0.15) is 0 Å². The van der Waals surface area contributed by atoms with E-state index >= 15 is 0 Å². The third-order valence-electron chi connectivity index (χ3n) is 5.14. The molecule has 4 nitrogen and oxygen atoms in total. The summed E-state index contributed by atoms with van der Waals surface area (Å²) in [5.74, 6) is 0.832. The lowest BCUT2D eigenvalue weighted by Gasteiger charge is -2.37. The van der Waals surface area contributed by atoms with Gasteiger partial charge in [0.25, 0.3) is 0 Å². The number of carbonyl (C=O) groups excluding carboxylic acids is 2. The number of hydrogen-bond acceptors (Lipinski definition) is 3. The van der Waals surface area contributed by atoms with E-state index in [1.165, 1.54) is 0 Å². The number of allylic oxidation sites excluding steroid dienone is 2. The van der Waals surface area contributed by atoms with Crippen LogP contribution in [-0.2, 0) is 9.59 Å². The first-order valence-electron chi connectivity index (χ1n) is 9.12. The Labute approximate surface area is 149 Å². The normalized spacial score (nSPS) is 23.8. The molecule has 0 spiro atoms. The van der Waals surface area contributed by atoms with Gasteiger partial charge in [0, 0.05) is 30.0 Å². The van der Waals surface area contributed by atoms with Crippen molar-refractivity contribution in [3.63, 3.8) is 0 Å². The molecule has 1 heterocycles. The minimum Gasteiger partial charge on any atom is -0.491 e. The summed E-state index contributed by atoms with van der Waals surface area (Å²) in [6.07, 6.45) is 2.73. The smallest absolute Gasteiger partial charge is 0.225 e. The van der Waals surface area contributed by atoms with Crippen LogP contribution < -0.4 is 10.1 Å². The van der Waals surface area contributed by atoms with Crippen molar-refractivity contribution in [2.75, 3.05) is 0 Å². The standard InChI is InChI=1S/C21H27NO3/c1-5-13(2)25-15-8-6-14(7-9-15)16-10-19(24)22-17-11-21(3,4)12-18(23)20(16)17/h6-9,13,16H,5,10-12H2,1-4H3,(H,22,24)/t13-,16-/m1/s1. The number of carbonyl (C=O) groups is 2. The molecule has 0 saturated heterocycles. The number of Topliss-reactive ketones (excluding diaryl/α,β-unsaturated/α-hetero) is 1. The largest absolute Gasteiger partial charge is 0.491 e. The van der Waals surface area contributed by atoms with Crippen molar-refractivity contribution in [1.29, 1.82) is 0 Å². The van der Waals surface area contributed by atoms with Gasteiger partial charge in [-0.05, 0) is 42.9 Å². The molecule has 2 atom stereocenters. The van der Waals surface area contributed by atoms with Crippen molar-refractivity contribution in [2.24, 2.45) is 5.41 Å². The van der Waals surface area contributed by atoms with Gasteiger partial charge in [-0.3, -0.25) is 9.59 Å². The van der Waals surface area contributed by atoms with E-state index in [4.69, 9.17) is 4.74 Å². The number of ketones is 1. The van der Waals surface area contributed by atoms with E-state index in [2.05, 4.69) is 26.1 Å². The average molecular weight is 341 g/mol. The summed E-state index contributed by atoms with van der Waals surface area (Å²) in [6.45, 7) is 8.28. The van der Waals surface area contributed by atoms with E-state index in [0.29, 0.717) is 12.8 Å². The molecule has 0 saturated carbocycles. The Bertz CT molecular complexity index is 715. The topological polar surface area (TPSA) is 55.4 Å². The van der Waals surface area contributed by atoms with Crippen molar-refractivity contribution in [3.05, 3.63) is 41.1 Å². The van der Waals surface area contributed by atoms with Crippen molar-refractivity contribution in [1.82, 2.24) is 5.32 Å². The second-order valence-corrected chi connectivity index (χ2v) is 8.04. The van der Waals surface area contributed by atoms with Gasteiger partial charge >= 0.3 is 0 Å². The predicted molar refractivity (Wildman–Crippen MR) is 97.4 cm³/mol. The quantitative estimate of drug-likeness (QED) is 0.896. The molecular weight excluding hydrogens is 314 g/mol. The molecule has 3 rings (SSSR count). The average Bonchev–Trinajstić information content (AvgIpc) is 2.53. The highest BCUT2D eigenvalue weighted by molar-refractivity contribution is 6.02. The zero-order valence-corrected chi connectivity index (χ0v) is 15.5. The number of amides is 1. The lowest BCUT2D eigenvalue weighted by molar-refractivity contribution is -0.122. The van der Waals surface area contributed by atoms with Gasteiger partial charge < -0.3 is 10.1 Å². The fraction of sp³-hybridized carbons (Fsp3) is 0.524. The van der Waals surface area contributed by atoms with Gasteiger partial charge in [-0.25, -0.2) is 0 Å². The maximum atomic E-state index is 12.8. The Morgan fingerprint density at radius 3 is 2.52 bits per heavy atom. The first-order valence-corrected chi connectivity index (χ1v) is 9.12. The number of rotatable bonds is 4. The Kier molecular flexibility index (Phi) is 4.72. The van der Waals surface area contributed by atoms with Gasteiger partial charge in [0.15, 0.2) is 5.78 Å². The maximum Gasteiger partial charge on any atom is 0.225 e. The third-order valence-corrected chi connectivity index (χ3v) is 5.14. The first kappa shape index (κ1) is 17.7. The fourth-order valence-corrected chi connectivity index (χ4v) is 3.74. The van der Waals surface area contributed by atoms with Crippen LogP contribution in [0.15, 0.2) is 35.5 Å². The second-order valence-electron chi connectivity index (χ2n) is 8.04. The summed E-state index contributed by atoms with van der Waals surface area (Å²) in [5.41, 5.74) is 2.53. The highest BCUT2D eigenvalue weighted by atomic mass is 16.5. The SMILES string of the molecule is CC[C@@H](C)Oc1ccc([C@H]2CC(=O)NC3=C2C(=O)CC(C)(C)C3)cc1. The molecule has 1 aliphatic heterocycles. The Morgan fingerprint density at radius 2 is 1.88 bits per heavy atom. The highest BCUT2D eigenvalue weighted by Gasteiger charge is 2.40. The molecule has 0 aromatic heterocycles. The Hall–Kier alpha value is -2.10. The summed E-state index contributed by atoms with van der Waals surface area (Å²) in [4.78, 5) is 24.9. The molecule has 2 aliphatic rings. The van der Waals surface area contributed by atoms with Gasteiger partial charge in [-0.15, -0.1) is 0 Å². The Balaban J connectivity index is 1.90. The molecule has 1 aliphatic carbocycles. The van der Waals surface area contributed by atoms with Crippen LogP contribution in [0.5, 0.6) is 5.75 Å². The number of ether oxygens (including phenoxy) is 1. The molecule has 25 heavy (non-hydrogen) atoms. The summed E-state index contributed by atoms with van der Waals surface area (Å²) < 4.78 is 5.82. The van der Waals surface area contributed by atoms with Crippen LogP contribution in [0.1, 0.15) is 64.9 Å². The van der Waals surface area contributed by atoms with Crippen molar-refractivity contribution in [2.45, 2.75) is 65.4 Å². The van der Waals surface area contributed by atoms with Crippen LogP contribution in [0.4, 0.5) is 0 Å². The van der Waals surface area contributed by atoms with Crippen molar-refractivity contribution < 1.29 is 14.3 Å². The van der Waals surface area contributed by atoms with Crippen LogP contribution in [0, 0.1) is 5.41 Å². The molecule has 1 aromatic rings. The zero-order valence-electron chi connectivity index (χ0n) is 15.5. The van der Waals surface area contributed by atoms with Gasteiger partial charge in [-0.1, -0.05) is 32.9 Å². The van der Waals surface area contributed by atoms with E-state index in [9.17, 15) is 9.59 Å². The van der Waals surface area contributed by atoms with Crippen LogP contribution in [0.2, 0.25) is 0 Å². The van der Waals surface area contributed by atoms with E-state index < -0.39 is 0 Å². The van der Waals surface area contributed by atoms with Crippen LogP contribution in [0.25, 0.3) is 0 Å². The van der Waals surface area contributed by atoms with Gasteiger partial charge in [0.2, 0.25) is 5.91 Å². The summed E-state index contributed by atoms with van der Waals surface area (Å²) in [5, 5.41) is 2.94. The summed E-state index contributed by atoms with van der Waals surface area (Å²) in [7, 11) is 0. The minimum atomic E-state index is -0.148. The van der Waals surface area contributed by atoms with E-state index in [1.54, 1.807) is 0 Å². The van der Waals surface area contributed by atoms with E-state index in [1.807, 2.05) is 31.2 Å². The molecule has 134 valence electrons. The van der Waals surface area contributed by atoms with Crippen molar-refractivity contribution >= 4 is 11.7 Å². The molecule has 4 heteroatoms. The zero-order chi connectivity index (χ0) is 18.2. The number of nitrogens with one attached hydrogen (secondary N) is 1. The Morgan fingerprint density at radius 1 is 1.20 bits per heavy atom. The van der Waals surface area contributed by atoms with E-state index in [0.717, 1.165) is 35.4 Å². The molecule has 0 radical (unpaired) electrons. The molecular formula is C21H27NO3. The van der Waals surface area contributed by atoms with Crippen molar-refractivity contribution in [3.8, 4) is 5.75 Å². The molecule has 0 bridgehead atoms. The fourth-order valence-electron chi connectivity index (χ4n) is 3.74. The van der Waals surface area contributed by atoms with Gasteiger partial charge in [0.05, 0.1) is 6.10 Å². The highest BCUT2D eigenvalue weighted by Crippen LogP contribution is 2.44. The summed E-state index contributed by atoms with van der Waals surface area (Å²) in [6, 6.07) is 7.84. The molecule has 0 fully saturated rings. The monoisotopic (exact) mass is 341 g/mol.